The predicted molar refractivity (Wildman–Crippen MR) is 92.0 cm³/mol. The van der Waals surface area contributed by atoms with Gasteiger partial charge in [0.15, 0.2) is 0 Å². The molecule has 0 bridgehead atoms. The van der Waals surface area contributed by atoms with Crippen molar-refractivity contribution in [3.63, 3.8) is 0 Å². The van der Waals surface area contributed by atoms with Crippen LogP contribution in [-0.4, -0.2) is 70.5 Å². The molecule has 6 nitrogen and oxygen atoms in total. The number of ether oxygens (including phenoxy) is 1. The maximum absolute atomic E-state index is 5.44. The molecule has 1 atom stereocenters. The van der Waals surface area contributed by atoms with Gasteiger partial charge in [0.25, 0.3) is 0 Å². The van der Waals surface area contributed by atoms with Crippen molar-refractivity contribution >= 4 is 0 Å². The van der Waals surface area contributed by atoms with Crippen molar-refractivity contribution in [1.29, 1.82) is 0 Å². The second-order valence-electron chi connectivity index (χ2n) is 6.74. The fourth-order valence-electron chi connectivity index (χ4n) is 3.75. The number of rotatable bonds is 5. The van der Waals surface area contributed by atoms with Crippen LogP contribution >= 0.6 is 0 Å². The third kappa shape index (κ3) is 3.66. The molecule has 6 heteroatoms. The molecule has 24 heavy (non-hydrogen) atoms. The van der Waals surface area contributed by atoms with Crippen LogP contribution in [0, 0.1) is 5.92 Å². The summed E-state index contributed by atoms with van der Waals surface area (Å²) in [7, 11) is 0. The quantitative estimate of drug-likeness (QED) is 0.831. The summed E-state index contributed by atoms with van der Waals surface area (Å²) in [6, 6.07) is 6.12. The highest BCUT2D eigenvalue weighted by Gasteiger charge is 2.25. The van der Waals surface area contributed by atoms with Crippen LogP contribution in [0.15, 0.2) is 36.8 Å². The average molecular weight is 327 g/mol. The first-order chi connectivity index (χ1) is 11.9. The fourth-order valence-corrected chi connectivity index (χ4v) is 3.75. The van der Waals surface area contributed by atoms with Gasteiger partial charge in [0.1, 0.15) is 0 Å². The summed E-state index contributed by atoms with van der Waals surface area (Å²) < 4.78 is 7.47. The van der Waals surface area contributed by atoms with Crippen LogP contribution in [0.2, 0.25) is 0 Å². The summed E-state index contributed by atoms with van der Waals surface area (Å²) in [5, 5.41) is 4.48. The molecule has 0 aromatic carbocycles. The van der Waals surface area contributed by atoms with Gasteiger partial charge in [-0.3, -0.25) is 14.8 Å². The van der Waals surface area contributed by atoms with E-state index >= 15 is 0 Å². The van der Waals surface area contributed by atoms with E-state index in [9.17, 15) is 0 Å². The summed E-state index contributed by atoms with van der Waals surface area (Å²) in [6.45, 7) is 8.49. The molecule has 4 rings (SSSR count). The van der Waals surface area contributed by atoms with Gasteiger partial charge < -0.3 is 4.74 Å². The van der Waals surface area contributed by atoms with Crippen LogP contribution in [0.25, 0.3) is 5.69 Å². The van der Waals surface area contributed by atoms with Gasteiger partial charge in [-0.25, -0.2) is 4.68 Å². The van der Waals surface area contributed by atoms with Gasteiger partial charge >= 0.3 is 0 Å². The predicted octanol–water partition coefficient (Wildman–Crippen LogP) is 1.42. The molecule has 0 aliphatic carbocycles. The lowest BCUT2D eigenvalue weighted by Gasteiger charge is -2.29. The molecule has 0 N–H and O–H groups in total. The van der Waals surface area contributed by atoms with Crippen molar-refractivity contribution in [3.05, 3.63) is 42.5 Å². The summed E-state index contributed by atoms with van der Waals surface area (Å²) >= 11 is 0. The molecule has 0 spiro atoms. The highest BCUT2D eigenvalue weighted by atomic mass is 16.5. The molecule has 2 saturated heterocycles. The molecule has 128 valence electrons. The minimum absolute atomic E-state index is 0.778. The Morgan fingerprint density at radius 1 is 1.00 bits per heavy atom. The SMILES string of the molecule is c1cc(-n2nccc2CN2CCC(CN3CCOCC3)C2)ccn1. The van der Waals surface area contributed by atoms with E-state index in [2.05, 4.69) is 25.9 Å². The lowest BCUT2D eigenvalue weighted by molar-refractivity contribution is 0.0311. The molecule has 2 fully saturated rings. The Morgan fingerprint density at radius 3 is 2.67 bits per heavy atom. The first kappa shape index (κ1) is 15.7. The van der Waals surface area contributed by atoms with Crippen LogP contribution in [0.1, 0.15) is 12.1 Å². The van der Waals surface area contributed by atoms with Crippen molar-refractivity contribution in [1.82, 2.24) is 24.6 Å². The molecule has 0 radical (unpaired) electrons. The van der Waals surface area contributed by atoms with Gasteiger partial charge in [-0.1, -0.05) is 0 Å². The highest BCUT2D eigenvalue weighted by Crippen LogP contribution is 2.21. The second-order valence-corrected chi connectivity index (χ2v) is 6.74. The second kappa shape index (κ2) is 7.42. The molecule has 1 unspecified atom stereocenters. The summed E-state index contributed by atoms with van der Waals surface area (Å²) in [4.78, 5) is 9.20. The van der Waals surface area contributed by atoms with E-state index in [0.717, 1.165) is 44.5 Å². The lowest BCUT2D eigenvalue weighted by Crippen LogP contribution is -2.39. The molecule has 2 aliphatic rings. The minimum atomic E-state index is 0.778. The number of pyridine rings is 1. The van der Waals surface area contributed by atoms with Crippen LogP contribution < -0.4 is 0 Å². The molecular formula is C18H25N5O. The fraction of sp³-hybridized carbons (Fsp3) is 0.556. The van der Waals surface area contributed by atoms with Gasteiger partial charge in [-0.2, -0.15) is 5.10 Å². The summed E-state index contributed by atoms with van der Waals surface area (Å²) in [6.07, 6.45) is 6.81. The first-order valence-corrected chi connectivity index (χ1v) is 8.84. The zero-order valence-corrected chi connectivity index (χ0v) is 14.0. The Bertz CT molecular complexity index is 638. The Hall–Kier alpha value is -1.76. The number of morpholine rings is 1. The Labute approximate surface area is 143 Å². The smallest absolute Gasteiger partial charge is 0.0679 e. The van der Waals surface area contributed by atoms with Gasteiger partial charge in [-0.15, -0.1) is 0 Å². The Balaban J connectivity index is 1.35. The van der Waals surface area contributed by atoms with Gasteiger partial charge in [0.2, 0.25) is 0 Å². The number of aromatic nitrogens is 3. The first-order valence-electron chi connectivity index (χ1n) is 8.84. The molecule has 2 aromatic rings. The van der Waals surface area contributed by atoms with E-state index in [1.807, 2.05) is 35.4 Å². The molecule has 2 aliphatic heterocycles. The molecule has 4 heterocycles. The number of hydrogen-bond donors (Lipinski definition) is 0. The van der Waals surface area contributed by atoms with E-state index in [0.29, 0.717) is 0 Å². The van der Waals surface area contributed by atoms with Crippen LogP contribution in [0.5, 0.6) is 0 Å². The number of likely N-dealkylation sites (tertiary alicyclic amines) is 1. The Kier molecular flexibility index (Phi) is 4.87. The number of nitrogens with zero attached hydrogens (tertiary/aromatic N) is 5. The van der Waals surface area contributed by atoms with E-state index < -0.39 is 0 Å². The van der Waals surface area contributed by atoms with E-state index in [4.69, 9.17) is 4.74 Å². The van der Waals surface area contributed by atoms with Crippen molar-refractivity contribution in [2.75, 3.05) is 45.9 Å². The topological polar surface area (TPSA) is 46.4 Å². The van der Waals surface area contributed by atoms with Crippen LogP contribution in [-0.2, 0) is 11.3 Å². The summed E-state index contributed by atoms with van der Waals surface area (Å²) in [5.74, 6) is 0.778. The average Bonchev–Trinajstić information content (AvgIpc) is 3.27. The standard InChI is InChI=1S/C18H25N5O/c1-5-19-6-2-17(1)23-18(3-7-20-23)15-22-8-4-16(14-22)13-21-9-11-24-12-10-21/h1-3,5-7,16H,4,8-15H2. The maximum Gasteiger partial charge on any atom is 0.0679 e. The van der Waals surface area contributed by atoms with E-state index in [1.165, 1.54) is 31.7 Å². The van der Waals surface area contributed by atoms with Gasteiger partial charge in [0.05, 0.1) is 24.6 Å². The highest BCUT2D eigenvalue weighted by molar-refractivity contribution is 5.30. The molecular weight excluding hydrogens is 302 g/mol. The van der Waals surface area contributed by atoms with Crippen LogP contribution in [0.4, 0.5) is 0 Å². The zero-order valence-electron chi connectivity index (χ0n) is 14.0. The summed E-state index contributed by atoms with van der Waals surface area (Å²) in [5.41, 5.74) is 2.32. The zero-order chi connectivity index (χ0) is 16.2. The molecule has 0 saturated carbocycles. The molecule has 0 amide bonds. The monoisotopic (exact) mass is 327 g/mol. The van der Waals surface area contributed by atoms with E-state index in [1.54, 1.807) is 0 Å². The third-order valence-corrected chi connectivity index (χ3v) is 5.00. The third-order valence-electron chi connectivity index (χ3n) is 5.00. The normalized spacial score (nSPS) is 22.9. The van der Waals surface area contributed by atoms with Crippen molar-refractivity contribution in [3.8, 4) is 5.69 Å². The minimum Gasteiger partial charge on any atom is -0.379 e. The number of hydrogen-bond acceptors (Lipinski definition) is 5. The maximum atomic E-state index is 5.44. The van der Waals surface area contributed by atoms with Crippen LogP contribution in [0.3, 0.4) is 0 Å². The lowest BCUT2D eigenvalue weighted by atomic mass is 10.1. The van der Waals surface area contributed by atoms with Gasteiger partial charge in [-0.05, 0) is 37.1 Å². The largest absolute Gasteiger partial charge is 0.379 e. The van der Waals surface area contributed by atoms with Crippen molar-refractivity contribution in [2.24, 2.45) is 5.92 Å². The van der Waals surface area contributed by atoms with Gasteiger partial charge in [0, 0.05) is 51.3 Å². The van der Waals surface area contributed by atoms with Crippen molar-refractivity contribution in [2.45, 2.75) is 13.0 Å². The van der Waals surface area contributed by atoms with E-state index in [-0.39, 0.29) is 0 Å². The van der Waals surface area contributed by atoms with Crippen molar-refractivity contribution < 1.29 is 4.74 Å². The molecule has 2 aromatic heterocycles. The Morgan fingerprint density at radius 2 is 1.83 bits per heavy atom.